The fourth-order valence-corrected chi connectivity index (χ4v) is 2.90. The highest BCUT2D eigenvalue weighted by atomic mass is 32.1. The highest BCUT2D eigenvalue weighted by molar-refractivity contribution is 7.80. The Labute approximate surface area is 196 Å². The Kier molecular flexibility index (Phi) is 11.1. The summed E-state index contributed by atoms with van der Waals surface area (Å²) in [5.41, 5.74) is 6.21. The SMILES string of the molecule is CC(O)C(NC(=O)C(NC(=O)C(Cc1ccc(O)cc1)NC(=O)C(N)CS)C(C)O)C(=O)O. The number of aliphatic hydroxyl groups excluding tert-OH is 2. The summed E-state index contributed by atoms with van der Waals surface area (Å²) in [7, 11) is 0. The molecule has 0 fully saturated rings. The number of aliphatic hydroxyl groups is 2. The fourth-order valence-electron chi connectivity index (χ4n) is 2.73. The molecule has 0 aromatic heterocycles. The lowest BCUT2D eigenvalue weighted by Gasteiger charge is -2.27. The summed E-state index contributed by atoms with van der Waals surface area (Å²) in [5.74, 6) is -4.08. The number of nitrogens with two attached hydrogens (primary N) is 1. The van der Waals surface area contributed by atoms with Crippen LogP contribution in [0.4, 0.5) is 0 Å². The van der Waals surface area contributed by atoms with Crippen molar-refractivity contribution in [3.05, 3.63) is 29.8 Å². The maximum absolute atomic E-state index is 12.9. The first kappa shape index (κ1) is 28.2. The van der Waals surface area contributed by atoms with Crippen LogP contribution in [0.1, 0.15) is 19.4 Å². The Hall–Kier alpha value is -2.87. The molecule has 0 radical (unpaired) electrons. The number of thiol groups is 1. The van der Waals surface area contributed by atoms with Crippen LogP contribution in [0, 0.1) is 0 Å². The van der Waals surface area contributed by atoms with E-state index in [0.29, 0.717) is 5.56 Å². The van der Waals surface area contributed by atoms with Crippen molar-refractivity contribution in [2.75, 3.05) is 5.75 Å². The molecule has 13 heteroatoms. The Morgan fingerprint density at radius 3 is 1.88 bits per heavy atom. The van der Waals surface area contributed by atoms with Gasteiger partial charge in [-0.05, 0) is 31.5 Å². The number of hydrogen-bond donors (Lipinski definition) is 9. The van der Waals surface area contributed by atoms with Gasteiger partial charge in [-0.1, -0.05) is 12.1 Å². The molecule has 0 saturated heterocycles. The predicted octanol–water partition coefficient (Wildman–Crippen LogP) is -2.51. The average Bonchev–Trinajstić information content (AvgIpc) is 2.74. The number of aromatic hydroxyl groups is 1. The van der Waals surface area contributed by atoms with E-state index in [2.05, 4.69) is 28.6 Å². The van der Waals surface area contributed by atoms with Crippen LogP contribution in [-0.2, 0) is 25.6 Å². The molecule has 33 heavy (non-hydrogen) atoms. The second-order valence-electron chi connectivity index (χ2n) is 7.51. The number of nitrogens with one attached hydrogen (secondary N) is 3. The van der Waals surface area contributed by atoms with E-state index in [0.717, 1.165) is 6.92 Å². The summed E-state index contributed by atoms with van der Waals surface area (Å²) in [6, 6.07) is 0.334. The largest absolute Gasteiger partial charge is 0.508 e. The minimum absolute atomic E-state index is 0.00202. The van der Waals surface area contributed by atoms with Gasteiger partial charge in [0, 0.05) is 12.2 Å². The smallest absolute Gasteiger partial charge is 0.328 e. The van der Waals surface area contributed by atoms with Gasteiger partial charge in [-0.2, -0.15) is 12.6 Å². The monoisotopic (exact) mass is 486 g/mol. The van der Waals surface area contributed by atoms with Crippen molar-refractivity contribution in [3.63, 3.8) is 0 Å². The third-order valence-electron chi connectivity index (χ3n) is 4.65. The second kappa shape index (κ2) is 13.0. The first-order valence-corrected chi connectivity index (χ1v) is 10.6. The number of benzene rings is 1. The molecule has 0 heterocycles. The van der Waals surface area contributed by atoms with Gasteiger partial charge in [0.1, 0.15) is 17.8 Å². The van der Waals surface area contributed by atoms with Crippen molar-refractivity contribution in [1.82, 2.24) is 16.0 Å². The van der Waals surface area contributed by atoms with Gasteiger partial charge in [0.2, 0.25) is 17.7 Å². The molecule has 6 unspecified atom stereocenters. The van der Waals surface area contributed by atoms with Crippen LogP contribution in [0.25, 0.3) is 0 Å². The number of hydrogen-bond acceptors (Lipinski definition) is 9. The van der Waals surface area contributed by atoms with E-state index in [1.165, 1.54) is 31.2 Å². The van der Waals surface area contributed by atoms with Crippen molar-refractivity contribution in [1.29, 1.82) is 0 Å². The maximum atomic E-state index is 12.9. The van der Waals surface area contributed by atoms with Gasteiger partial charge in [0.25, 0.3) is 0 Å². The molecule has 9 N–H and O–H groups in total. The van der Waals surface area contributed by atoms with Crippen LogP contribution in [0.15, 0.2) is 24.3 Å². The van der Waals surface area contributed by atoms with E-state index >= 15 is 0 Å². The lowest BCUT2D eigenvalue weighted by atomic mass is 10.0. The Morgan fingerprint density at radius 1 is 0.909 bits per heavy atom. The molecule has 0 aliphatic carbocycles. The normalized spacial score (nSPS) is 16.4. The van der Waals surface area contributed by atoms with Crippen LogP contribution >= 0.6 is 12.6 Å². The zero-order valence-corrected chi connectivity index (χ0v) is 19.0. The first-order chi connectivity index (χ1) is 15.4. The van der Waals surface area contributed by atoms with Gasteiger partial charge in [-0.3, -0.25) is 14.4 Å². The summed E-state index contributed by atoms with van der Waals surface area (Å²) in [4.78, 5) is 49.0. The molecule has 0 spiro atoms. The number of carboxylic acid groups (broad SMARTS) is 1. The van der Waals surface area contributed by atoms with Crippen molar-refractivity contribution in [2.45, 2.75) is 56.6 Å². The van der Waals surface area contributed by atoms with E-state index in [1.54, 1.807) is 0 Å². The highest BCUT2D eigenvalue weighted by Crippen LogP contribution is 2.12. The van der Waals surface area contributed by atoms with Gasteiger partial charge in [0.05, 0.1) is 18.2 Å². The fraction of sp³-hybridized carbons (Fsp3) is 0.500. The molecule has 1 aromatic rings. The number of rotatable bonds is 12. The van der Waals surface area contributed by atoms with Crippen molar-refractivity contribution >= 4 is 36.3 Å². The van der Waals surface area contributed by atoms with Crippen LogP contribution in [0.5, 0.6) is 5.75 Å². The number of aliphatic carboxylic acids is 1. The highest BCUT2D eigenvalue weighted by Gasteiger charge is 2.34. The quantitative estimate of drug-likeness (QED) is 0.143. The van der Waals surface area contributed by atoms with E-state index in [9.17, 15) is 34.5 Å². The average molecular weight is 487 g/mol. The molecule has 0 bridgehead atoms. The minimum atomic E-state index is -1.67. The van der Waals surface area contributed by atoms with Crippen LogP contribution in [0.3, 0.4) is 0 Å². The summed E-state index contributed by atoms with van der Waals surface area (Å²) in [6.07, 6.45) is -2.93. The molecule has 1 aromatic carbocycles. The molecule has 184 valence electrons. The molecule has 0 aliphatic heterocycles. The molecule has 3 amide bonds. The Morgan fingerprint density at radius 2 is 1.42 bits per heavy atom. The predicted molar refractivity (Wildman–Crippen MR) is 120 cm³/mol. The van der Waals surface area contributed by atoms with Crippen molar-refractivity contribution < 1.29 is 39.6 Å². The van der Waals surface area contributed by atoms with Gasteiger partial charge < -0.3 is 42.1 Å². The molecule has 6 atom stereocenters. The molecular formula is C20H30N4O8S. The van der Waals surface area contributed by atoms with Gasteiger partial charge in [0.15, 0.2) is 6.04 Å². The van der Waals surface area contributed by atoms with Gasteiger partial charge in [-0.15, -0.1) is 0 Å². The number of phenols is 1. The molecule has 1 rings (SSSR count). The van der Waals surface area contributed by atoms with E-state index in [1.807, 2.05) is 0 Å². The first-order valence-electron chi connectivity index (χ1n) is 10.0. The van der Waals surface area contributed by atoms with E-state index in [-0.39, 0.29) is 17.9 Å². The Bertz CT molecular complexity index is 834. The third-order valence-corrected chi connectivity index (χ3v) is 5.04. The number of carbonyl (C=O) groups is 4. The zero-order valence-electron chi connectivity index (χ0n) is 18.1. The standard InChI is InChI=1S/C20H30N4O8S/c1-9(25)15(19(30)24-16(10(2)26)20(31)32)23-18(29)14(22-17(28)13(21)8-33)7-11-3-5-12(27)6-4-11/h3-6,9-10,13-16,25-27,33H,7-8,21H2,1-2H3,(H,22,28)(H,23,29)(H,24,30)(H,31,32). The number of carboxylic acids is 1. The van der Waals surface area contributed by atoms with Gasteiger partial charge >= 0.3 is 5.97 Å². The molecular weight excluding hydrogens is 456 g/mol. The van der Waals surface area contributed by atoms with Gasteiger partial charge in [-0.25, -0.2) is 4.79 Å². The number of amides is 3. The van der Waals surface area contributed by atoms with Crippen LogP contribution in [-0.4, -0.2) is 86.2 Å². The summed E-state index contributed by atoms with van der Waals surface area (Å²) < 4.78 is 0. The number of phenolic OH excluding ortho intramolecular Hbond substituents is 1. The van der Waals surface area contributed by atoms with E-state index < -0.39 is 60.1 Å². The summed E-state index contributed by atoms with van der Waals surface area (Å²) >= 11 is 3.94. The minimum Gasteiger partial charge on any atom is -0.508 e. The maximum Gasteiger partial charge on any atom is 0.328 e. The van der Waals surface area contributed by atoms with Crippen LogP contribution in [0.2, 0.25) is 0 Å². The molecule has 12 nitrogen and oxygen atoms in total. The van der Waals surface area contributed by atoms with E-state index in [4.69, 9.17) is 10.8 Å². The lowest BCUT2D eigenvalue weighted by Crippen LogP contribution is -2.61. The topological polar surface area (TPSA) is 211 Å². The third kappa shape index (κ3) is 8.88. The zero-order chi connectivity index (χ0) is 25.3. The second-order valence-corrected chi connectivity index (χ2v) is 7.88. The lowest BCUT2D eigenvalue weighted by molar-refractivity contribution is -0.146. The van der Waals surface area contributed by atoms with Crippen molar-refractivity contribution in [3.8, 4) is 5.75 Å². The summed E-state index contributed by atoms with van der Waals surface area (Å²) in [6.45, 7) is 2.36. The summed E-state index contributed by atoms with van der Waals surface area (Å²) in [5, 5.41) is 44.9. The Balaban J connectivity index is 3.08. The molecule has 0 saturated carbocycles. The molecule has 0 aliphatic rings. The van der Waals surface area contributed by atoms with Crippen LogP contribution < -0.4 is 21.7 Å². The number of carbonyl (C=O) groups excluding carboxylic acids is 3. The van der Waals surface area contributed by atoms with Crippen molar-refractivity contribution in [2.24, 2.45) is 5.73 Å².